The number of non-ortho nitro benzene ring substituents is 1. The minimum absolute atomic E-state index is 0.0563. The molecule has 1 aromatic heterocycles. The summed E-state index contributed by atoms with van der Waals surface area (Å²) in [5, 5.41) is 16.4. The van der Waals surface area contributed by atoms with Gasteiger partial charge < -0.3 is 10.6 Å². The Morgan fingerprint density at radius 3 is 2.54 bits per heavy atom. The van der Waals surface area contributed by atoms with Crippen LogP contribution in [0.4, 0.5) is 10.8 Å². The molecule has 10 heteroatoms. The predicted molar refractivity (Wildman–Crippen MR) is 99.7 cm³/mol. The minimum Gasteiger partial charge on any atom is -0.340 e. The Kier molecular flexibility index (Phi) is 6.27. The first-order chi connectivity index (χ1) is 12.2. The molecule has 1 atom stereocenters. The number of aromatic nitrogens is 1. The average molecular weight is 397 g/mol. The third-order valence-electron chi connectivity index (χ3n) is 3.50. The number of rotatable bonds is 6. The van der Waals surface area contributed by atoms with Gasteiger partial charge in [-0.1, -0.05) is 25.4 Å². The summed E-state index contributed by atoms with van der Waals surface area (Å²) in [6.45, 7) is 5.44. The molecule has 1 heterocycles. The number of nitrogens with zero attached hydrogens (tertiary/aromatic N) is 2. The summed E-state index contributed by atoms with van der Waals surface area (Å²) in [6, 6.07) is 2.72. The number of halogens is 1. The Morgan fingerprint density at radius 1 is 1.35 bits per heavy atom. The Balaban J connectivity index is 2.15. The van der Waals surface area contributed by atoms with E-state index in [1.807, 2.05) is 6.92 Å². The zero-order chi connectivity index (χ0) is 19.4. The van der Waals surface area contributed by atoms with Crippen molar-refractivity contribution in [2.45, 2.75) is 26.8 Å². The van der Waals surface area contributed by atoms with Crippen LogP contribution in [-0.4, -0.2) is 27.8 Å². The predicted octanol–water partition coefficient (Wildman–Crippen LogP) is 3.41. The van der Waals surface area contributed by atoms with Crippen molar-refractivity contribution in [3.8, 4) is 0 Å². The van der Waals surface area contributed by atoms with Crippen molar-refractivity contribution >= 4 is 45.6 Å². The fraction of sp³-hybridized carbons (Fsp3) is 0.312. The molecule has 2 amide bonds. The first-order valence-corrected chi connectivity index (χ1v) is 8.86. The number of anilines is 1. The fourth-order valence-corrected chi connectivity index (χ4v) is 3.08. The normalized spacial score (nSPS) is 11.9. The van der Waals surface area contributed by atoms with Crippen LogP contribution < -0.4 is 10.6 Å². The molecule has 0 aliphatic rings. The Labute approximate surface area is 158 Å². The highest BCUT2D eigenvalue weighted by Crippen LogP contribution is 2.23. The summed E-state index contributed by atoms with van der Waals surface area (Å²) < 4.78 is 0. The van der Waals surface area contributed by atoms with Gasteiger partial charge in [0.2, 0.25) is 5.91 Å². The topological polar surface area (TPSA) is 114 Å². The van der Waals surface area contributed by atoms with E-state index in [0.29, 0.717) is 5.13 Å². The average Bonchev–Trinajstić information content (AvgIpc) is 2.96. The maximum atomic E-state index is 12.5. The molecule has 2 rings (SSSR count). The van der Waals surface area contributed by atoms with Crippen LogP contribution in [0.5, 0.6) is 0 Å². The standard InChI is InChI=1S/C16H17ClN4O4S/c1-8(2)13(15(23)20-16-18-7-9(3)26-16)19-14(22)11-5-4-10(21(24)25)6-12(11)17/h4-8,13H,1-3H3,(H,19,22)(H,18,20,23)/t13-/m0/s1. The fourth-order valence-electron chi connectivity index (χ4n) is 2.15. The number of nitrogens with one attached hydrogen (secondary N) is 2. The van der Waals surface area contributed by atoms with E-state index in [4.69, 9.17) is 11.6 Å². The Morgan fingerprint density at radius 2 is 2.04 bits per heavy atom. The monoisotopic (exact) mass is 396 g/mol. The zero-order valence-electron chi connectivity index (χ0n) is 14.3. The second-order valence-corrected chi connectivity index (χ2v) is 7.52. The van der Waals surface area contributed by atoms with Crippen LogP contribution in [0.2, 0.25) is 5.02 Å². The van der Waals surface area contributed by atoms with E-state index in [1.165, 1.54) is 23.5 Å². The first kappa shape index (κ1) is 19.8. The number of thiazole rings is 1. The highest BCUT2D eigenvalue weighted by molar-refractivity contribution is 7.15. The number of aryl methyl sites for hydroxylation is 1. The summed E-state index contributed by atoms with van der Waals surface area (Å²) in [5.41, 5.74) is -0.162. The van der Waals surface area contributed by atoms with Crippen LogP contribution in [0, 0.1) is 23.0 Å². The van der Waals surface area contributed by atoms with Crippen LogP contribution in [0.1, 0.15) is 29.1 Å². The summed E-state index contributed by atoms with van der Waals surface area (Å²) in [4.78, 5) is 40.1. The molecule has 8 nitrogen and oxygen atoms in total. The van der Waals surface area contributed by atoms with Gasteiger partial charge >= 0.3 is 0 Å². The smallest absolute Gasteiger partial charge is 0.270 e. The van der Waals surface area contributed by atoms with Gasteiger partial charge in [0.05, 0.1) is 15.5 Å². The van der Waals surface area contributed by atoms with E-state index < -0.39 is 22.8 Å². The number of amides is 2. The molecule has 2 N–H and O–H groups in total. The van der Waals surface area contributed by atoms with Crippen molar-refractivity contribution in [1.82, 2.24) is 10.3 Å². The minimum atomic E-state index is -0.821. The van der Waals surface area contributed by atoms with Crippen LogP contribution >= 0.6 is 22.9 Å². The molecular weight excluding hydrogens is 380 g/mol. The quantitative estimate of drug-likeness (QED) is 0.573. The van der Waals surface area contributed by atoms with E-state index in [2.05, 4.69) is 15.6 Å². The van der Waals surface area contributed by atoms with E-state index in [0.717, 1.165) is 10.9 Å². The molecule has 138 valence electrons. The van der Waals surface area contributed by atoms with Gasteiger partial charge in [-0.05, 0) is 18.9 Å². The molecule has 0 radical (unpaired) electrons. The lowest BCUT2D eigenvalue weighted by molar-refractivity contribution is -0.384. The third kappa shape index (κ3) is 4.77. The summed E-state index contributed by atoms with van der Waals surface area (Å²) in [5.74, 6) is -1.19. The van der Waals surface area contributed by atoms with Crippen molar-refractivity contribution in [2.75, 3.05) is 5.32 Å². The van der Waals surface area contributed by atoms with Crippen molar-refractivity contribution in [1.29, 1.82) is 0 Å². The van der Waals surface area contributed by atoms with E-state index in [1.54, 1.807) is 20.0 Å². The van der Waals surface area contributed by atoms with Crippen LogP contribution in [0.3, 0.4) is 0 Å². The maximum absolute atomic E-state index is 12.5. The molecule has 26 heavy (non-hydrogen) atoms. The van der Waals surface area contributed by atoms with E-state index in [-0.39, 0.29) is 22.2 Å². The van der Waals surface area contributed by atoms with Gasteiger partial charge in [-0.2, -0.15) is 0 Å². The van der Waals surface area contributed by atoms with Gasteiger partial charge in [0.25, 0.3) is 11.6 Å². The molecule has 0 spiro atoms. The van der Waals surface area contributed by atoms with Crippen LogP contribution in [-0.2, 0) is 4.79 Å². The van der Waals surface area contributed by atoms with Gasteiger partial charge in [-0.25, -0.2) is 4.98 Å². The van der Waals surface area contributed by atoms with Gasteiger partial charge in [-0.15, -0.1) is 11.3 Å². The molecule has 0 bridgehead atoms. The van der Waals surface area contributed by atoms with Crippen LogP contribution in [0.25, 0.3) is 0 Å². The molecule has 0 aliphatic carbocycles. The van der Waals surface area contributed by atoms with E-state index >= 15 is 0 Å². The molecular formula is C16H17ClN4O4S. The van der Waals surface area contributed by atoms with Gasteiger partial charge in [0, 0.05) is 23.2 Å². The maximum Gasteiger partial charge on any atom is 0.270 e. The lowest BCUT2D eigenvalue weighted by Gasteiger charge is -2.21. The Bertz CT molecular complexity index is 853. The van der Waals surface area contributed by atoms with Crippen molar-refractivity contribution in [3.63, 3.8) is 0 Å². The molecule has 1 aromatic carbocycles. The summed E-state index contributed by atoms with van der Waals surface area (Å²) in [6.07, 6.45) is 1.64. The second-order valence-electron chi connectivity index (χ2n) is 5.88. The van der Waals surface area contributed by atoms with Crippen molar-refractivity contribution in [2.24, 2.45) is 5.92 Å². The number of hydrogen-bond acceptors (Lipinski definition) is 6. The lowest BCUT2D eigenvalue weighted by Crippen LogP contribution is -2.47. The highest BCUT2D eigenvalue weighted by atomic mass is 35.5. The molecule has 0 saturated carbocycles. The third-order valence-corrected chi connectivity index (χ3v) is 4.64. The van der Waals surface area contributed by atoms with Crippen LogP contribution in [0.15, 0.2) is 24.4 Å². The number of nitro groups is 1. The van der Waals surface area contributed by atoms with E-state index in [9.17, 15) is 19.7 Å². The number of benzene rings is 1. The van der Waals surface area contributed by atoms with Gasteiger partial charge in [0.1, 0.15) is 6.04 Å². The largest absolute Gasteiger partial charge is 0.340 e. The highest BCUT2D eigenvalue weighted by Gasteiger charge is 2.26. The van der Waals surface area contributed by atoms with Crippen molar-refractivity contribution < 1.29 is 14.5 Å². The molecule has 0 unspecified atom stereocenters. The molecule has 0 saturated heterocycles. The second kappa shape index (κ2) is 8.24. The lowest BCUT2D eigenvalue weighted by atomic mass is 10.0. The summed E-state index contributed by atoms with van der Waals surface area (Å²) in [7, 11) is 0. The molecule has 0 aliphatic heterocycles. The SMILES string of the molecule is Cc1cnc(NC(=O)[C@@H](NC(=O)c2ccc([N+](=O)[O-])cc2Cl)C(C)C)s1. The Hall–Kier alpha value is -2.52. The number of carbonyl (C=O) groups excluding carboxylic acids is 2. The summed E-state index contributed by atoms with van der Waals surface area (Å²) >= 11 is 7.30. The first-order valence-electron chi connectivity index (χ1n) is 7.67. The van der Waals surface area contributed by atoms with Crippen molar-refractivity contribution in [3.05, 3.63) is 50.0 Å². The molecule has 2 aromatic rings. The van der Waals surface area contributed by atoms with Gasteiger partial charge in [-0.3, -0.25) is 19.7 Å². The van der Waals surface area contributed by atoms with Gasteiger partial charge in [0.15, 0.2) is 5.13 Å². The molecule has 0 fully saturated rings. The number of nitro benzene ring substituents is 1. The number of carbonyl (C=O) groups is 2. The number of hydrogen-bond donors (Lipinski definition) is 2. The zero-order valence-corrected chi connectivity index (χ0v) is 15.9.